The van der Waals surface area contributed by atoms with Gasteiger partial charge in [-0.3, -0.25) is 9.59 Å². The number of benzene rings is 1. The molecule has 1 aliphatic heterocycles. The van der Waals surface area contributed by atoms with E-state index < -0.39 is 11.8 Å². The van der Waals surface area contributed by atoms with E-state index in [-0.39, 0.29) is 0 Å². The maximum atomic E-state index is 12.0. The Morgan fingerprint density at radius 2 is 1.88 bits per heavy atom. The Balaban J connectivity index is 1.73. The molecule has 0 aromatic heterocycles. The molecule has 7 heteroatoms. The number of hydrogen-bond donors (Lipinski definition) is 3. The van der Waals surface area contributed by atoms with E-state index in [0.717, 1.165) is 25.1 Å². The summed E-state index contributed by atoms with van der Waals surface area (Å²) in [5.74, 6) is 0.171. The summed E-state index contributed by atoms with van der Waals surface area (Å²) < 4.78 is 10.5. The van der Waals surface area contributed by atoms with Crippen molar-refractivity contribution in [2.75, 3.05) is 40.4 Å². The molecule has 3 N–H and O–H groups in total. The first kappa shape index (κ1) is 20.0. The van der Waals surface area contributed by atoms with Crippen LogP contribution in [0.4, 0.5) is 0 Å². The van der Waals surface area contributed by atoms with Gasteiger partial charge >= 0.3 is 11.8 Å². The Morgan fingerprint density at radius 3 is 2.58 bits per heavy atom. The van der Waals surface area contributed by atoms with Gasteiger partial charge in [-0.15, -0.1) is 0 Å². The normalized spacial score (nSPS) is 19.0. The van der Waals surface area contributed by atoms with E-state index >= 15 is 0 Å². The van der Waals surface area contributed by atoms with Gasteiger partial charge in [-0.2, -0.15) is 0 Å². The first-order chi connectivity index (χ1) is 12.6. The lowest BCUT2D eigenvalue weighted by Crippen LogP contribution is -3.14. The lowest BCUT2D eigenvalue weighted by Gasteiger charge is -2.19. The van der Waals surface area contributed by atoms with Gasteiger partial charge in [0.25, 0.3) is 0 Å². The molecule has 26 heavy (non-hydrogen) atoms. The highest BCUT2D eigenvalue weighted by molar-refractivity contribution is 6.35. The molecule has 2 amide bonds. The zero-order valence-corrected chi connectivity index (χ0v) is 15.9. The van der Waals surface area contributed by atoms with Gasteiger partial charge in [-0.1, -0.05) is 6.07 Å². The fraction of sp³-hybridized carbons (Fsp3) is 0.579. The van der Waals surface area contributed by atoms with Gasteiger partial charge in [0, 0.05) is 19.4 Å². The van der Waals surface area contributed by atoms with Gasteiger partial charge in [0.2, 0.25) is 0 Å². The van der Waals surface area contributed by atoms with Crippen LogP contribution < -0.4 is 25.0 Å². The molecule has 144 valence electrons. The smallest absolute Gasteiger partial charge is 0.309 e. The topological polar surface area (TPSA) is 81.1 Å². The van der Waals surface area contributed by atoms with Gasteiger partial charge in [-0.25, -0.2) is 0 Å². The molecule has 0 bridgehead atoms. The molecular formula is C19H30N3O4+. The van der Waals surface area contributed by atoms with Gasteiger partial charge < -0.3 is 25.0 Å². The Kier molecular flexibility index (Phi) is 7.72. The first-order valence-electron chi connectivity index (χ1n) is 9.20. The molecular weight excluding hydrogens is 334 g/mol. The summed E-state index contributed by atoms with van der Waals surface area (Å²) in [7, 11) is 3.17. The van der Waals surface area contributed by atoms with Crippen LogP contribution in [0.2, 0.25) is 0 Å². The van der Waals surface area contributed by atoms with Crippen LogP contribution in [-0.4, -0.2) is 58.3 Å². The Bertz CT molecular complexity index is 621. The minimum atomic E-state index is -0.582. The van der Waals surface area contributed by atoms with Crippen LogP contribution in [-0.2, 0) is 16.0 Å². The molecule has 1 aliphatic rings. The number of carbonyl (C=O) groups excluding carboxylic acids is 2. The number of quaternary nitrogens is 1. The molecule has 7 nitrogen and oxygen atoms in total. The second kappa shape index (κ2) is 10.0. The van der Waals surface area contributed by atoms with E-state index in [9.17, 15) is 9.59 Å². The van der Waals surface area contributed by atoms with Crippen molar-refractivity contribution in [3.05, 3.63) is 23.8 Å². The van der Waals surface area contributed by atoms with Crippen molar-refractivity contribution in [3.8, 4) is 11.5 Å². The van der Waals surface area contributed by atoms with E-state index in [4.69, 9.17) is 9.47 Å². The summed E-state index contributed by atoms with van der Waals surface area (Å²) in [4.78, 5) is 25.4. The molecule has 0 saturated carbocycles. The second-order valence-corrected chi connectivity index (χ2v) is 6.51. The van der Waals surface area contributed by atoms with Crippen molar-refractivity contribution in [3.63, 3.8) is 0 Å². The fourth-order valence-corrected chi connectivity index (χ4v) is 3.43. The van der Waals surface area contributed by atoms with Crippen LogP contribution >= 0.6 is 0 Å². The fourth-order valence-electron chi connectivity index (χ4n) is 3.43. The standard InChI is InChI=1S/C19H29N3O4/c1-4-22-11-5-6-15(22)13-21-19(24)18(23)20-10-9-14-7-8-16(25-2)17(12-14)26-3/h7-8,12,15H,4-6,9-11,13H2,1-3H3,(H,20,23)(H,21,24)/p+1/t15-/m0/s1. The average molecular weight is 364 g/mol. The summed E-state index contributed by atoms with van der Waals surface area (Å²) >= 11 is 0. The number of methoxy groups -OCH3 is 2. The van der Waals surface area contributed by atoms with E-state index in [2.05, 4.69) is 17.6 Å². The van der Waals surface area contributed by atoms with E-state index in [1.807, 2.05) is 18.2 Å². The minimum Gasteiger partial charge on any atom is -0.493 e. The summed E-state index contributed by atoms with van der Waals surface area (Å²) in [6.07, 6.45) is 2.89. The number of carbonyl (C=O) groups is 2. The van der Waals surface area contributed by atoms with Crippen molar-refractivity contribution >= 4 is 11.8 Å². The van der Waals surface area contributed by atoms with Gasteiger partial charge in [-0.05, 0) is 31.0 Å². The van der Waals surface area contributed by atoms with Crippen LogP contribution in [0.15, 0.2) is 18.2 Å². The van der Waals surface area contributed by atoms with Crippen LogP contribution in [0, 0.1) is 0 Å². The summed E-state index contributed by atoms with van der Waals surface area (Å²) in [5, 5.41) is 5.43. The zero-order valence-electron chi connectivity index (χ0n) is 15.9. The van der Waals surface area contributed by atoms with Crippen LogP contribution in [0.5, 0.6) is 11.5 Å². The highest BCUT2D eigenvalue weighted by Crippen LogP contribution is 2.27. The van der Waals surface area contributed by atoms with Gasteiger partial charge in [0.1, 0.15) is 6.04 Å². The van der Waals surface area contributed by atoms with Crippen molar-refractivity contribution in [1.29, 1.82) is 0 Å². The monoisotopic (exact) mass is 364 g/mol. The summed E-state index contributed by atoms with van der Waals surface area (Å²) in [6.45, 7) is 5.30. The third-order valence-electron chi connectivity index (χ3n) is 4.94. The Morgan fingerprint density at radius 1 is 1.15 bits per heavy atom. The molecule has 0 spiro atoms. The number of nitrogens with one attached hydrogen (secondary N) is 3. The van der Waals surface area contributed by atoms with Crippen molar-refractivity contribution < 1.29 is 24.0 Å². The summed E-state index contributed by atoms with van der Waals surface area (Å²) in [5.41, 5.74) is 0.997. The predicted octanol–water partition coefficient (Wildman–Crippen LogP) is -0.454. The van der Waals surface area contributed by atoms with Crippen LogP contribution in [0.25, 0.3) is 0 Å². The molecule has 1 saturated heterocycles. The van der Waals surface area contributed by atoms with E-state index in [1.54, 1.807) is 14.2 Å². The average Bonchev–Trinajstić information content (AvgIpc) is 3.13. The molecule has 1 fully saturated rings. The van der Waals surface area contributed by atoms with Crippen molar-refractivity contribution in [1.82, 2.24) is 10.6 Å². The van der Waals surface area contributed by atoms with Gasteiger partial charge in [0.05, 0.1) is 33.9 Å². The van der Waals surface area contributed by atoms with Crippen LogP contribution in [0.1, 0.15) is 25.3 Å². The number of amides is 2. The summed E-state index contributed by atoms with van der Waals surface area (Å²) in [6, 6.07) is 6.03. The third-order valence-corrected chi connectivity index (χ3v) is 4.94. The lowest BCUT2D eigenvalue weighted by molar-refractivity contribution is -0.909. The maximum absolute atomic E-state index is 12.0. The molecule has 1 aromatic carbocycles. The molecule has 1 unspecified atom stereocenters. The van der Waals surface area contributed by atoms with E-state index in [1.165, 1.54) is 11.3 Å². The SMILES string of the molecule is CC[NH+]1CCC[C@H]1CNC(=O)C(=O)NCCc1ccc(OC)c(OC)c1. The third kappa shape index (κ3) is 5.36. The van der Waals surface area contributed by atoms with E-state index in [0.29, 0.717) is 37.1 Å². The van der Waals surface area contributed by atoms with Gasteiger partial charge in [0.15, 0.2) is 11.5 Å². The maximum Gasteiger partial charge on any atom is 0.309 e. The molecule has 0 radical (unpaired) electrons. The van der Waals surface area contributed by atoms with Crippen LogP contribution in [0.3, 0.4) is 0 Å². The Hall–Kier alpha value is -2.28. The molecule has 1 aromatic rings. The largest absolute Gasteiger partial charge is 0.493 e. The first-order valence-corrected chi connectivity index (χ1v) is 9.20. The van der Waals surface area contributed by atoms with Crippen molar-refractivity contribution in [2.45, 2.75) is 32.2 Å². The quantitative estimate of drug-likeness (QED) is 0.546. The Labute approximate surface area is 155 Å². The zero-order chi connectivity index (χ0) is 18.9. The number of hydrogen-bond acceptors (Lipinski definition) is 4. The predicted molar refractivity (Wildman–Crippen MR) is 98.7 cm³/mol. The molecule has 2 rings (SSSR count). The second-order valence-electron chi connectivity index (χ2n) is 6.51. The minimum absolute atomic E-state index is 0.386. The molecule has 1 heterocycles. The highest BCUT2D eigenvalue weighted by atomic mass is 16.5. The van der Waals surface area contributed by atoms with Crippen molar-refractivity contribution in [2.24, 2.45) is 0 Å². The number of rotatable bonds is 8. The lowest BCUT2D eigenvalue weighted by atomic mass is 10.1. The number of likely N-dealkylation sites (N-methyl/N-ethyl adjacent to an activating group) is 1. The molecule has 2 atom stereocenters. The highest BCUT2D eigenvalue weighted by Gasteiger charge is 2.27. The number of likely N-dealkylation sites (tertiary alicyclic amines) is 1. The number of ether oxygens (including phenoxy) is 2. The molecule has 0 aliphatic carbocycles.